The van der Waals surface area contributed by atoms with Crippen molar-refractivity contribution >= 4 is 11.8 Å². The third kappa shape index (κ3) is 5.20. The third-order valence-corrected chi connectivity index (χ3v) is 5.65. The summed E-state index contributed by atoms with van der Waals surface area (Å²) in [6, 6.07) is 19.4. The fourth-order valence-corrected chi connectivity index (χ4v) is 4.02. The largest absolute Gasteiger partial charge is 0.375 e. The number of hydrogen-bond donors (Lipinski definition) is 2. The van der Waals surface area contributed by atoms with Crippen molar-refractivity contribution in [3.05, 3.63) is 72.1 Å². The Hall–Kier alpha value is -3.52. The second-order valence-electron chi connectivity index (χ2n) is 7.91. The first-order valence-corrected chi connectivity index (χ1v) is 10.7. The van der Waals surface area contributed by atoms with Crippen LogP contribution in [0.2, 0.25) is 0 Å². The zero-order valence-electron chi connectivity index (χ0n) is 18.0. The predicted molar refractivity (Wildman–Crippen MR) is 120 cm³/mol. The molecule has 1 aromatic heterocycles. The fraction of sp³-hybridized carbons (Fsp3) is 0.333. The van der Waals surface area contributed by atoms with Crippen molar-refractivity contribution in [2.75, 3.05) is 26.8 Å². The summed E-state index contributed by atoms with van der Waals surface area (Å²) in [5, 5.41) is 10.4. The summed E-state index contributed by atoms with van der Waals surface area (Å²) in [5.74, 6) is 0.914. The Morgan fingerprint density at radius 2 is 1.81 bits per heavy atom. The molecule has 2 atom stereocenters. The average molecular weight is 434 g/mol. The van der Waals surface area contributed by atoms with Gasteiger partial charge in [-0.25, -0.2) is 4.98 Å². The summed E-state index contributed by atoms with van der Waals surface area (Å²) < 4.78 is 4.95. The Bertz CT molecular complexity index is 1040. The maximum atomic E-state index is 12.9. The molecule has 32 heavy (non-hydrogen) atoms. The van der Waals surface area contributed by atoms with Crippen molar-refractivity contribution in [1.82, 2.24) is 25.4 Å². The van der Waals surface area contributed by atoms with Crippen molar-refractivity contribution in [2.24, 2.45) is 0 Å². The number of carbonyl (C=O) groups excluding carboxylic acids is 2. The van der Waals surface area contributed by atoms with Gasteiger partial charge in [-0.05, 0) is 12.0 Å². The molecule has 3 aromatic rings. The molecule has 1 aliphatic rings. The first-order valence-electron chi connectivity index (χ1n) is 10.7. The van der Waals surface area contributed by atoms with Gasteiger partial charge in [-0.3, -0.25) is 14.7 Å². The van der Waals surface area contributed by atoms with Crippen LogP contribution in [0.3, 0.4) is 0 Å². The minimum absolute atomic E-state index is 0.0309. The molecule has 2 N–H and O–H groups in total. The van der Waals surface area contributed by atoms with Crippen molar-refractivity contribution in [3.8, 4) is 11.4 Å². The molecule has 0 aliphatic carbocycles. The SMILES string of the molecule is COCC(=O)N[C@@H]1CN(C(=O)CCc2ccccc2)C[C@H]1c1nc(-c2ccccc2)n[nH]1. The lowest BCUT2D eigenvalue weighted by Crippen LogP contribution is -2.42. The van der Waals surface area contributed by atoms with Crippen molar-refractivity contribution < 1.29 is 14.3 Å². The van der Waals surface area contributed by atoms with E-state index in [2.05, 4.69) is 20.5 Å². The first kappa shape index (κ1) is 21.7. The van der Waals surface area contributed by atoms with Gasteiger partial charge in [0, 0.05) is 32.2 Å². The van der Waals surface area contributed by atoms with Crippen LogP contribution in [0.1, 0.15) is 23.7 Å². The molecule has 1 aliphatic heterocycles. The van der Waals surface area contributed by atoms with E-state index in [0.29, 0.717) is 37.6 Å². The maximum absolute atomic E-state index is 12.9. The number of hydrogen-bond acceptors (Lipinski definition) is 5. The topological polar surface area (TPSA) is 100 Å². The minimum Gasteiger partial charge on any atom is -0.375 e. The molecule has 0 spiro atoms. The Kier molecular flexibility index (Phi) is 6.91. The minimum atomic E-state index is -0.269. The number of aromatic nitrogens is 3. The summed E-state index contributed by atoms with van der Waals surface area (Å²) in [6.07, 6.45) is 1.10. The van der Waals surface area contributed by atoms with Crippen molar-refractivity contribution in [3.63, 3.8) is 0 Å². The smallest absolute Gasteiger partial charge is 0.246 e. The standard InChI is InChI=1S/C24H27N5O3/c1-32-16-21(30)25-20-15-29(22(31)13-12-17-8-4-2-5-9-17)14-19(20)24-26-23(27-28-24)18-10-6-3-7-11-18/h2-11,19-20H,12-16H2,1H3,(H,25,30)(H,26,27,28)/t19-,20-/m1/s1. The van der Waals surface area contributed by atoms with E-state index in [-0.39, 0.29) is 30.4 Å². The van der Waals surface area contributed by atoms with Crippen LogP contribution >= 0.6 is 0 Å². The van der Waals surface area contributed by atoms with Gasteiger partial charge < -0.3 is 15.0 Å². The highest BCUT2D eigenvalue weighted by Gasteiger charge is 2.38. The van der Waals surface area contributed by atoms with Gasteiger partial charge in [-0.2, -0.15) is 5.10 Å². The van der Waals surface area contributed by atoms with Crippen LogP contribution in [0.5, 0.6) is 0 Å². The molecule has 1 fully saturated rings. The molecule has 0 radical (unpaired) electrons. The van der Waals surface area contributed by atoms with E-state index in [4.69, 9.17) is 4.74 Å². The molecule has 0 bridgehead atoms. The third-order valence-electron chi connectivity index (χ3n) is 5.65. The number of ether oxygens (including phenoxy) is 1. The van der Waals surface area contributed by atoms with E-state index in [1.165, 1.54) is 7.11 Å². The highest BCUT2D eigenvalue weighted by atomic mass is 16.5. The van der Waals surface area contributed by atoms with Crippen molar-refractivity contribution in [2.45, 2.75) is 24.8 Å². The number of nitrogens with zero attached hydrogens (tertiary/aromatic N) is 3. The zero-order chi connectivity index (χ0) is 22.3. The average Bonchev–Trinajstić information content (AvgIpc) is 3.46. The number of aryl methyl sites for hydroxylation is 1. The van der Waals surface area contributed by atoms with Gasteiger partial charge in [0.15, 0.2) is 5.82 Å². The lowest BCUT2D eigenvalue weighted by Gasteiger charge is -2.17. The van der Waals surface area contributed by atoms with Crippen LogP contribution < -0.4 is 5.32 Å². The predicted octanol–water partition coefficient (Wildman–Crippen LogP) is 2.16. The van der Waals surface area contributed by atoms with Gasteiger partial charge >= 0.3 is 0 Å². The lowest BCUT2D eigenvalue weighted by atomic mass is 10.0. The van der Waals surface area contributed by atoms with Crippen LogP contribution in [-0.2, 0) is 20.7 Å². The normalized spacial score (nSPS) is 18.0. The fourth-order valence-electron chi connectivity index (χ4n) is 4.02. The quantitative estimate of drug-likeness (QED) is 0.567. The molecular formula is C24H27N5O3. The molecular weight excluding hydrogens is 406 g/mol. The van der Waals surface area contributed by atoms with Gasteiger partial charge in [0.2, 0.25) is 11.8 Å². The summed E-state index contributed by atoms with van der Waals surface area (Å²) in [6.45, 7) is 0.862. The molecule has 4 rings (SSSR count). The van der Waals surface area contributed by atoms with Crippen LogP contribution in [0.15, 0.2) is 60.7 Å². The Balaban J connectivity index is 1.48. The summed E-state index contributed by atoms with van der Waals surface area (Å²) in [7, 11) is 1.48. The van der Waals surface area contributed by atoms with Gasteiger partial charge in [0.1, 0.15) is 12.4 Å². The molecule has 8 nitrogen and oxygen atoms in total. The van der Waals surface area contributed by atoms with E-state index in [0.717, 1.165) is 11.1 Å². The number of rotatable bonds is 8. The number of likely N-dealkylation sites (tertiary alicyclic amines) is 1. The molecule has 2 aromatic carbocycles. The highest BCUT2D eigenvalue weighted by Crippen LogP contribution is 2.27. The molecule has 0 saturated carbocycles. The Morgan fingerprint density at radius 3 is 2.53 bits per heavy atom. The number of benzene rings is 2. The van der Waals surface area contributed by atoms with E-state index in [1.807, 2.05) is 60.7 Å². The molecule has 1 saturated heterocycles. The number of amides is 2. The molecule has 0 unspecified atom stereocenters. The number of H-pyrrole nitrogens is 1. The molecule has 2 amide bonds. The number of nitrogens with one attached hydrogen (secondary N) is 2. The zero-order valence-corrected chi connectivity index (χ0v) is 18.0. The second-order valence-corrected chi connectivity index (χ2v) is 7.91. The Morgan fingerprint density at radius 1 is 1.09 bits per heavy atom. The Labute approximate surface area is 187 Å². The molecule has 166 valence electrons. The second kappa shape index (κ2) is 10.2. The monoisotopic (exact) mass is 433 g/mol. The molecule has 2 heterocycles. The highest BCUT2D eigenvalue weighted by molar-refractivity contribution is 5.79. The number of methoxy groups -OCH3 is 1. The van der Waals surface area contributed by atoms with Crippen LogP contribution in [0.25, 0.3) is 11.4 Å². The number of carbonyl (C=O) groups is 2. The first-order chi connectivity index (χ1) is 15.6. The van der Waals surface area contributed by atoms with Gasteiger partial charge in [-0.1, -0.05) is 60.7 Å². The summed E-state index contributed by atoms with van der Waals surface area (Å²) in [4.78, 5) is 31.6. The lowest BCUT2D eigenvalue weighted by molar-refractivity contribution is -0.130. The van der Waals surface area contributed by atoms with Gasteiger partial charge in [0.25, 0.3) is 0 Å². The van der Waals surface area contributed by atoms with Crippen LogP contribution in [-0.4, -0.2) is 64.7 Å². The maximum Gasteiger partial charge on any atom is 0.246 e. The van der Waals surface area contributed by atoms with E-state index in [1.54, 1.807) is 4.90 Å². The van der Waals surface area contributed by atoms with Gasteiger partial charge in [0.05, 0.1) is 12.0 Å². The van der Waals surface area contributed by atoms with Crippen LogP contribution in [0, 0.1) is 0 Å². The van der Waals surface area contributed by atoms with E-state index in [9.17, 15) is 9.59 Å². The number of aromatic amines is 1. The summed E-state index contributed by atoms with van der Waals surface area (Å²) >= 11 is 0. The molecule has 8 heteroatoms. The van der Waals surface area contributed by atoms with E-state index < -0.39 is 0 Å². The van der Waals surface area contributed by atoms with E-state index >= 15 is 0 Å². The summed E-state index contributed by atoms with van der Waals surface area (Å²) in [5.41, 5.74) is 2.04. The van der Waals surface area contributed by atoms with Crippen molar-refractivity contribution in [1.29, 1.82) is 0 Å². The van der Waals surface area contributed by atoms with Gasteiger partial charge in [-0.15, -0.1) is 0 Å². The van der Waals surface area contributed by atoms with Crippen LogP contribution in [0.4, 0.5) is 0 Å².